The molecule has 0 spiro atoms. The van der Waals surface area contributed by atoms with Gasteiger partial charge in [-0.05, 0) is 74.6 Å². The lowest BCUT2D eigenvalue weighted by molar-refractivity contribution is -0.138. The molecule has 0 aromatic heterocycles. The summed E-state index contributed by atoms with van der Waals surface area (Å²) in [6.07, 6.45) is -0.103. The van der Waals surface area contributed by atoms with Gasteiger partial charge < -0.3 is 30.3 Å². The van der Waals surface area contributed by atoms with Crippen LogP contribution in [-0.4, -0.2) is 93.6 Å². The van der Waals surface area contributed by atoms with Crippen LogP contribution in [0.4, 0.5) is 9.59 Å². The molecule has 62 heavy (non-hydrogen) atoms. The Morgan fingerprint density at radius 3 is 1.18 bits per heavy atom. The Labute approximate surface area is 366 Å². The minimum absolute atomic E-state index is 0.0164. The minimum Gasteiger partial charge on any atom is -0.447 e. The Balaban J connectivity index is 0.000000234. The van der Waals surface area contributed by atoms with Gasteiger partial charge in [-0.1, -0.05) is 135 Å². The fraction of sp³-hybridized carbons (Fsp3) is 0.440. The van der Waals surface area contributed by atoms with Crippen LogP contribution in [0.2, 0.25) is 0 Å². The molecule has 4 N–H and O–H groups in total. The summed E-state index contributed by atoms with van der Waals surface area (Å²) in [5, 5.41) is 28.4. The van der Waals surface area contributed by atoms with Crippen LogP contribution in [0.5, 0.6) is 0 Å². The maximum Gasteiger partial charge on any atom is 0.416 e. The number of aliphatic hydroxyl groups excluding tert-OH is 2. The first-order valence-electron chi connectivity index (χ1n) is 22.0. The first-order valence-corrected chi connectivity index (χ1v) is 22.0. The van der Waals surface area contributed by atoms with Crippen molar-refractivity contribution in [2.24, 2.45) is 11.8 Å². The second kappa shape index (κ2) is 24.3. The van der Waals surface area contributed by atoms with Crippen molar-refractivity contribution in [3.63, 3.8) is 0 Å². The summed E-state index contributed by atoms with van der Waals surface area (Å²) >= 11 is 0. The molecule has 8 atom stereocenters. The van der Waals surface area contributed by atoms with Gasteiger partial charge in [0.05, 0.1) is 36.1 Å². The molecule has 0 aliphatic carbocycles. The molecule has 2 saturated heterocycles. The van der Waals surface area contributed by atoms with E-state index in [1.165, 1.54) is 9.80 Å². The first-order chi connectivity index (χ1) is 30.0. The van der Waals surface area contributed by atoms with E-state index in [1.807, 2.05) is 149 Å². The summed E-state index contributed by atoms with van der Waals surface area (Å²) in [4.78, 5) is 53.6. The van der Waals surface area contributed by atoms with Crippen molar-refractivity contribution < 1.29 is 38.9 Å². The van der Waals surface area contributed by atoms with Crippen molar-refractivity contribution in [2.75, 3.05) is 13.2 Å². The number of carbonyl (C=O) groups excluding carboxylic acids is 4. The fourth-order valence-electron chi connectivity index (χ4n) is 8.11. The number of cyclic esters (lactones) is 2. The molecule has 332 valence electrons. The number of hydrogen-bond donors (Lipinski definition) is 4. The number of benzene rings is 4. The van der Waals surface area contributed by atoms with E-state index < -0.39 is 36.2 Å². The number of carbonyl (C=O) groups is 4. The highest BCUT2D eigenvalue weighted by Crippen LogP contribution is 2.26. The van der Waals surface area contributed by atoms with Gasteiger partial charge in [-0.15, -0.1) is 0 Å². The molecule has 0 saturated carbocycles. The number of nitrogens with zero attached hydrogens (tertiary/aromatic N) is 2. The van der Waals surface area contributed by atoms with E-state index in [0.717, 1.165) is 22.3 Å². The van der Waals surface area contributed by atoms with Crippen LogP contribution in [0.3, 0.4) is 0 Å². The second-order valence-electron chi connectivity index (χ2n) is 16.4. The number of imide groups is 2. The summed E-state index contributed by atoms with van der Waals surface area (Å²) in [5.41, 5.74) is 4.40. The van der Waals surface area contributed by atoms with Crippen LogP contribution < -0.4 is 10.6 Å². The molecular formula is C50H64N4O8. The number of amides is 4. The topological polar surface area (TPSA) is 158 Å². The molecule has 0 bridgehead atoms. The Morgan fingerprint density at radius 1 is 0.565 bits per heavy atom. The largest absolute Gasteiger partial charge is 0.447 e. The Morgan fingerprint density at radius 2 is 0.871 bits per heavy atom. The quantitative estimate of drug-likeness (QED) is 0.0726. The monoisotopic (exact) mass is 848 g/mol. The standard InChI is InChI=1S/2C25H32N2O4/c2*1-3-22(23(28)14-18(2)26-16-20-12-8-5-9-13-20)24(29)27-21(17-31-25(27)30)15-19-10-6-4-7-11-19/h2*4-13,18,21-23,26,28H,3,14-17H2,1-2H3/t18-,21+,22+,23-;18-,21-,22-,23+/m01/s1. The molecule has 2 aliphatic rings. The molecule has 0 unspecified atom stereocenters. The maximum absolute atomic E-state index is 13.2. The summed E-state index contributed by atoms with van der Waals surface area (Å²) in [7, 11) is 0. The average Bonchev–Trinajstić information content (AvgIpc) is 3.84. The van der Waals surface area contributed by atoms with Crippen LogP contribution in [-0.2, 0) is 45.0 Å². The summed E-state index contributed by atoms with van der Waals surface area (Å²) in [6, 6.07) is 38.9. The van der Waals surface area contributed by atoms with Crippen LogP contribution in [0, 0.1) is 11.8 Å². The third-order valence-electron chi connectivity index (χ3n) is 11.7. The van der Waals surface area contributed by atoms with Crippen molar-refractivity contribution in [3.8, 4) is 0 Å². The van der Waals surface area contributed by atoms with Crippen molar-refractivity contribution in [1.82, 2.24) is 20.4 Å². The van der Waals surface area contributed by atoms with E-state index in [-0.39, 0.29) is 49.2 Å². The SMILES string of the molecule is CC[C@@H](C(=O)N1C(=O)OC[C@H]1Cc1ccccc1)[C@@H](O)C[C@@H](C)NCc1ccccc1.CC[C@@H](C(=O)N1C(=O)OC[C@H]1Cc1ccccc1)[C@@H](O)C[C@H](C)NCc1ccccc1. The lowest BCUT2D eigenvalue weighted by atomic mass is 9.92. The number of rotatable bonds is 20. The van der Waals surface area contributed by atoms with E-state index in [0.29, 0.717) is 51.6 Å². The molecule has 0 radical (unpaired) electrons. The van der Waals surface area contributed by atoms with Gasteiger partial charge in [0, 0.05) is 25.2 Å². The van der Waals surface area contributed by atoms with Crippen LogP contribution in [0.25, 0.3) is 0 Å². The lowest BCUT2D eigenvalue weighted by Gasteiger charge is -2.28. The van der Waals surface area contributed by atoms with Crippen molar-refractivity contribution in [1.29, 1.82) is 0 Å². The smallest absolute Gasteiger partial charge is 0.416 e. The summed E-state index contributed by atoms with van der Waals surface area (Å²) in [5.74, 6) is -2.00. The van der Waals surface area contributed by atoms with Crippen molar-refractivity contribution in [2.45, 2.75) is 116 Å². The average molecular weight is 849 g/mol. The normalized spacial score (nSPS) is 19.0. The van der Waals surface area contributed by atoms with Gasteiger partial charge in [-0.25, -0.2) is 19.4 Å². The molecule has 2 aliphatic heterocycles. The van der Waals surface area contributed by atoms with Gasteiger partial charge in [0.15, 0.2) is 0 Å². The number of aliphatic hydroxyl groups is 2. The number of nitrogens with one attached hydrogen (secondary N) is 2. The van der Waals surface area contributed by atoms with E-state index in [2.05, 4.69) is 10.6 Å². The molecule has 4 aromatic carbocycles. The molecule has 4 amide bonds. The summed E-state index contributed by atoms with van der Waals surface area (Å²) < 4.78 is 10.4. The zero-order chi connectivity index (χ0) is 44.4. The first kappa shape index (κ1) is 47.6. The highest BCUT2D eigenvalue weighted by molar-refractivity contribution is 5.95. The zero-order valence-corrected chi connectivity index (χ0v) is 36.5. The Kier molecular flexibility index (Phi) is 18.7. The molecule has 12 nitrogen and oxygen atoms in total. The van der Waals surface area contributed by atoms with Crippen LogP contribution in [0.15, 0.2) is 121 Å². The van der Waals surface area contributed by atoms with Gasteiger partial charge in [0.2, 0.25) is 11.8 Å². The van der Waals surface area contributed by atoms with Crippen molar-refractivity contribution in [3.05, 3.63) is 144 Å². The molecule has 2 heterocycles. The Bertz CT molecular complexity index is 1830. The van der Waals surface area contributed by atoms with Gasteiger partial charge >= 0.3 is 12.2 Å². The van der Waals surface area contributed by atoms with Crippen LogP contribution >= 0.6 is 0 Å². The molecular weight excluding hydrogens is 785 g/mol. The molecule has 4 aromatic rings. The minimum atomic E-state index is -0.846. The van der Waals surface area contributed by atoms with Gasteiger partial charge in [-0.2, -0.15) is 0 Å². The van der Waals surface area contributed by atoms with Crippen LogP contribution in [0.1, 0.15) is 75.6 Å². The predicted octanol–water partition coefficient (Wildman–Crippen LogP) is 7.06. The zero-order valence-electron chi connectivity index (χ0n) is 36.5. The number of hydrogen-bond acceptors (Lipinski definition) is 10. The highest BCUT2D eigenvalue weighted by Gasteiger charge is 2.43. The van der Waals surface area contributed by atoms with Gasteiger partial charge in [0.1, 0.15) is 13.2 Å². The third-order valence-corrected chi connectivity index (χ3v) is 11.7. The van der Waals surface area contributed by atoms with E-state index >= 15 is 0 Å². The van der Waals surface area contributed by atoms with E-state index in [9.17, 15) is 29.4 Å². The Hall–Kier alpha value is -5.40. The lowest BCUT2D eigenvalue weighted by Crippen LogP contribution is -2.47. The second-order valence-corrected chi connectivity index (χ2v) is 16.4. The maximum atomic E-state index is 13.2. The molecule has 12 heteroatoms. The van der Waals surface area contributed by atoms with E-state index in [4.69, 9.17) is 9.47 Å². The van der Waals surface area contributed by atoms with Crippen molar-refractivity contribution >= 4 is 24.0 Å². The van der Waals surface area contributed by atoms with Gasteiger partial charge in [-0.3, -0.25) is 9.59 Å². The fourth-order valence-corrected chi connectivity index (χ4v) is 8.11. The molecule has 2 fully saturated rings. The predicted molar refractivity (Wildman–Crippen MR) is 239 cm³/mol. The van der Waals surface area contributed by atoms with E-state index in [1.54, 1.807) is 0 Å². The molecule has 6 rings (SSSR count). The third kappa shape index (κ3) is 13.8. The highest BCUT2D eigenvalue weighted by atomic mass is 16.6. The number of ether oxygens (including phenoxy) is 2. The summed E-state index contributed by atoms with van der Waals surface area (Å²) in [6.45, 7) is 9.45. The van der Waals surface area contributed by atoms with Gasteiger partial charge in [0.25, 0.3) is 0 Å².